The number of sulfone groups is 1. The second kappa shape index (κ2) is 6.41. The van der Waals surface area contributed by atoms with Crippen LogP contribution in [0.5, 0.6) is 0 Å². The first-order valence-electron chi connectivity index (χ1n) is 6.88. The molecule has 0 saturated carbocycles. The third kappa shape index (κ3) is 4.15. The number of hydrogen-bond acceptors (Lipinski definition) is 5. The molecule has 0 aliphatic rings. The van der Waals surface area contributed by atoms with Gasteiger partial charge in [-0.1, -0.05) is 18.2 Å². The lowest BCUT2D eigenvalue weighted by atomic mass is 10.1. The Kier molecular flexibility index (Phi) is 4.80. The summed E-state index contributed by atoms with van der Waals surface area (Å²) in [5, 5.41) is 1.07. The third-order valence-corrected chi connectivity index (χ3v) is 4.28. The monoisotopic (exact) mass is 307 g/mol. The summed E-state index contributed by atoms with van der Waals surface area (Å²) in [6.07, 6.45) is 1.96. The summed E-state index contributed by atoms with van der Waals surface area (Å²) in [5.41, 5.74) is 7.63. The summed E-state index contributed by atoms with van der Waals surface area (Å²) < 4.78 is 22.6. The summed E-state index contributed by atoms with van der Waals surface area (Å²) in [6.45, 7) is 0.953. The molecule has 0 fully saturated rings. The fourth-order valence-corrected chi connectivity index (χ4v) is 2.83. The van der Waals surface area contributed by atoms with Gasteiger partial charge >= 0.3 is 0 Å². The van der Waals surface area contributed by atoms with Crippen molar-refractivity contribution in [2.45, 2.75) is 6.42 Å². The number of nitrogens with two attached hydrogens (primary N) is 1. The number of pyridine rings is 1. The lowest BCUT2D eigenvalue weighted by molar-refractivity contribution is 0.601. The minimum atomic E-state index is -2.99. The number of hydrogen-bond donors (Lipinski definition) is 1. The lowest BCUT2D eigenvalue weighted by Crippen LogP contribution is -2.27. The van der Waals surface area contributed by atoms with Crippen LogP contribution in [0.25, 0.3) is 10.9 Å². The first-order chi connectivity index (χ1) is 9.90. The van der Waals surface area contributed by atoms with Gasteiger partial charge in [0, 0.05) is 25.2 Å². The van der Waals surface area contributed by atoms with Gasteiger partial charge in [-0.15, -0.1) is 0 Å². The number of benzene rings is 1. The molecular weight excluding hydrogens is 286 g/mol. The van der Waals surface area contributed by atoms with Gasteiger partial charge in [0.15, 0.2) is 0 Å². The van der Waals surface area contributed by atoms with Gasteiger partial charge in [0.2, 0.25) is 0 Å². The highest BCUT2D eigenvalue weighted by molar-refractivity contribution is 7.90. The minimum Gasteiger partial charge on any atom is -0.358 e. The zero-order chi connectivity index (χ0) is 15.5. The van der Waals surface area contributed by atoms with Gasteiger partial charge in [0.25, 0.3) is 0 Å². The van der Waals surface area contributed by atoms with E-state index < -0.39 is 9.84 Å². The zero-order valence-electron chi connectivity index (χ0n) is 12.4. The largest absolute Gasteiger partial charge is 0.358 e. The molecular formula is C15H21N3O2S. The van der Waals surface area contributed by atoms with E-state index >= 15 is 0 Å². The van der Waals surface area contributed by atoms with Crippen molar-refractivity contribution in [2.24, 2.45) is 5.73 Å². The highest BCUT2D eigenvalue weighted by Gasteiger charge is 2.13. The second-order valence-electron chi connectivity index (χ2n) is 5.25. The fraction of sp³-hybridized carbons (Fsp3) is 0.400. The van der Waals surface area contributed by atoms with Crippen molar-refractivity contribution >= 4 is 26.6 Å². The normalized spacial score (nSPS) is 11.8. The number of rotatable bonds is 6. The van der Waals surface area contributed by atoms with Crippen LogP contribution in [0.15, 0.2) is 30.3 Å². The molecule has 0 saturated heterocycles. The van der Waals surface area contributed by atoms with Gasteiger partial charge in [0.05, 0.1) is 11.3 Å². The van der Waals surface area contributed by atoms with E-state index in [-0.39, 0.29) is 5.75 Å². The number of aromatic nitrogens is 1. The van der Waals surface area contributed by atoms with Crippen LogP contribution in [0.2, 0.25) is 0 Å². The number of para-hydroxylation sites is 1. The van der Waals surface area contributed by atoms with Crippen LogP contribution < -0.4 is 10.6 Å². The number of fused-ring (bicyclic) bond motifs is 1. The molecule has 5 nitrogen and oxygen atoms in total. The van der Waals surface area contributed by atoms with Gasteiger partial charge in [-0.25, -0.2) is 13.4 Å². The molecule has 0 aliphatic heterocycles. The van der Waals surface area contributed by atoms with Crippen molar-refractivity contribution in [1.82, 2.24) is 4.98 Å². The van der Waals surface area contributed by atoms with Gasteiger partial charge in [-0.05, 0) is 30.7 Å². The molecule has 0 atom stereocenters. The average molecular weight is 307 g/mol. The molecule has 0 spiro atoms. The van der Waals surface area contributed by atoms with E-state index in [1.54, 1.807) is 0 Å². The van der Waals surface area contributed by atoms with Gasteiger partial charge in [-0.2, -0.15) is 0 Å². The predicted octanol–water partition coefficient (Wildman–Crippen LogP) is 1.22. The molecule has 21 heavy (non-hydrogen) atoms. The maximum Gasteiger partial charge on any atom is 0.149 e. The average Bonchev–Trinajstić information content (AvgIpc) is 2.43. The molecule has 0 aliphatic carbocycles. The van der Waals surface area contributed by atoms with E-state index in [1.165, 1.54) is 6.26 Å². The molecule has 0 radical (unpaired) electrons. The Morgan fingerprint density at radius 1 is 1.29 bits per heavy atom. The Bertz CT molecular complexity index is 729. The van der Waals surface area contributed by atoms with Crippen LogP contribution in [0.4, 0.5) is 5.82 Å². The Balaban J connectivity index is 2.37. The summed E-state index contributed by atoms with van der Waals surface area (Å²) in [7, 11) is -1.13. The summed E-state index contributed by atoms with van der Waals surface area (Å²) in [4.78, 5) is 6.56. The van der Waals surface area contributed by atoms with Crippen LogP contribution in [-0.4, -0.2) is 45.5 Å². The van der Waals surface area contributed by atoms with E-state index in [2.05, 4.69) is 11.1 Å². The molecule has 114 valence electrons. The first kappa shape index (κ1) is 15.7. The summed E-state index contributed by atoms with van der Waals surface area (Å²) in [5.74, 6) is 0.919. The molecule has 1 aromatic heterocycles. The topological polar surface area (TPSA) is 76.3 Å². The van der Waals surface area contributed by atoms with E-state index in [0.717, 1.165) is 28.7 Å². The van der Waals surface area contributed by atoms with Gasteiger partial charge < -0.3 is 10.6 Å². The first-order valence-corrected chi connectivity index (χ1v) is 8.94. The molecule has 2 rings (SSSR count). The smallest absolute Gasteiger partial charge is 0.149 e. The van der Waals surface area contributed by atoms with Crippen molar-refractivity contribution in [3.05, 3.63) is 35.9 Å². The number of anilines is 1. The highest BCUT2D eigenvalue weighted by Crippen LogP contribution is 2.23. The molecule has 1 heterocycles. The second-order valence-corrected chi connectivity index (χ2v) is 7.51. The Morgan fingerprint density at radius 3 is 2.67 bits per heavy atom. The SMILES string of the molecule is CN(CCS(C)(=O)=O)c1nc2ccccc2cc1CCN. The highest BCUT2D eigenvalue weighted by atomic mass is 32.2. The van der Waals surface area contributed by atoms with Crippen molar-refractivity contribution < 1.29 is 8.42 Å². The summed E-state index contributed by atoms with van der Waals surface area (Å²) in [6, 6.07) is 9.97. The minimum absolute atomic E-state index is 0.111. The predicted molar refractivity (Wildman–Crippen MR) is 87.5 cm³/mol. The van der Waals surface area contributed by atoms with Crippen molar-refractivity contribution in [3.63, 3.8) is 0 Å². The van der Waals surface area contributed by atoms with Crippen LogP contribution in [0, 0.1) is 0 Å². The van der Waals surface area contributed by atoms with Crippen LogP contribution in [0.1, 0.15) is 5.56 Å². The van der Waals surface area contributed by atoms with E-state index in [0.29, 0.717) is 13.1 Å². The Morgan fingerprint density at radius 2 is 2.00 bits per heavy atom. The quantitative estimate of drug-likeness (QED) is 0.868. The third-order valence-electron chi connectivity index (χ3n) is 3.35. The molecule has 6 heteroatoms. The van der Waals surface area contributed by atoms with Gasteiger partial charge in [0.1, 0.15) is 15.7 Å². The van der Waals surface area contributed by atoms with Gasteiger partial charge in [-0.3, -0.25) is 0 Å². The zero-order valence-corrected chi connectivity index (χ0v) is 13.2. The molecule has 2 aromatic rings. The van der Waals surface area contributed by atoms with E-state index in [4.69, 9.17) is 5.73 Å². The van der Waals surface area contributed by atoms with Crippen LogP contribution in [-0.2, 0) is 16.3 Å². The van der Waals surface area contributed by atoms with Crippen molar-refractivity contribution in [3.8, 4) is 0 Å². The Labute approximate surface area is 125 Å². The molecule has 2 N–H and O–H groups in total. The fourth-order valence-electron chi connectivity index (χ4n) is 2.23. The standard InChI is InChI=1S/C15H21N3O2S/c1-18(9-10-21(2,19)20)15-13(7-8-16)11-12-5-3-4-6-14(12)17-15/h3-6,11H,7-10,16H2,1-2H3. The maximum absolute atomic E-state index is 11.3. The van der Waals surface area contributed by atoms with E-state index in [9.17, 15) is 8.42 Å². The maximum atomic E-state index is 11.3. The molecule has 0 bridgehead atoms. The van der Waals surface area contributed by atoms with Crippen molar-refractivity contribution in [1.29, 1.82) is 0 Å². The van der Waals surface area contributed by atoms with Crippen molar-refractivity contribution in [2.75, 3.05) is 37.0 Å². The van der Waals surface area contributed by atoms with Crippen LogP contribution >= 0.6 is 0 Å². The molecule has 0 unspecified atom stereocenters. The molecule has 1 aromatic carbocycles. The lowest BCUT2D eigenvalue weighted by Gasteiger charge is -2.21. The Hall–Kier alpha value is -1.66. The number of nitrogens with zero attached hydrogens (tertiary/aromatic N) is 2. The van der Waals surface area contributed by atoms with Crippen LogP contribution in [0.3, 0.4) is 0 Å². The summed E-state index contributed by atoms with van der Waals surface area (Å²) >= 11 is 0. The molecule has 0 amide bonds. The van der Waals surface area contributed by atoms with E-state index in [1.807, 2.05) is 36.2 Å².